The van der Waals surface area contributed by atoms with E-state index in [4.69, 9.17) is 0 Å². The Morgan fingerprint density at radius 2 is 1.78 bits per heavy atom. The summed E-state index contributed by atoms with van der Waals surface area (Å²) in [6, 6.07) is 0.644. The van der Waals surface area contributed by atoms with Crippen LogP contribution >= 0.6 is 0 Å². The van der Waals surface area contributed by atoms with E-state index in [1.54, 1.807) is 0 Å². The molecule has 2 bridgehead atoms. The van der Waals surface area contributed by atoms with Crippen molar-refractivity contribution in [1.82, 2.24) is 0 Å². The Bertz CT molecular complexity index is 155. The third-order valence-corrected chi connectivity index (χ3v) is 2.28. The lowest BCUT2D eigenvalue weighted by Crippen LogP contribution is -2.65. The molecule has 3 rings (SSSR count). The average molecular weight is 122 g/mol. The van der Waals surface area contributed by atoms with E-state index in [0.717, 1.165) is 0 Å². The zero-order chi connectivity index (χ0) is 6.27. The van der Waals surface area contributed by atoms with Crippen molar-refractivity contribution >= 4 is 0 Å². The summed E-state index contributed by atoms with van der Waals surface area (Å²) in [5.41, 5.74) is 4.08. The van der Waals surface area contributed by atoms with E-state index in [1.165, 1.54) is 6.42 Å². The molecule has 0 aromatic rings. The van der Waals surface area contributed by atoms with Crippen LogP contribution in [0.1, 0.15) is 6.42 Å². The summed E-state index contributed by atoms with van der Waals surface area (Å²) in [6.07, 6.45) is 10.4. The van der Waals surface area contributed by atoms with Crippen LogP contribution in [0.5, 0.6) is 0 Å². The third-order valence-electron chi connectivity index (χ3n) is 2.28. The van der Waals surface area contributed by atoms with Crippen LogP contribution in [-0.4, -0.2) is 6.04 Å². The monoisotopic (exact) mass is 122 g/mol. The summed E-state index contributed by atoms with van der Waals surface area (Å²) >= 11 is 0. The zero-order valence-electron chi connectivity index (χ0n) is 5.46. The normalized spacial score (nSPS) is 46.1. The molecule has 0 heterocycles. The molecule has 3 aliphatic rings. The van der Waals surface area contributed by atoms with Gasteiger partial charge in [-0.25, -0.2) is 0 Å². The minimum absolute atomic E-state index is 0.644. The lowest BCUT2D eigenvalue weighted by atomic mass is 9.79. The second kappa shape index (κ2) is 1.71. The number of quaternary nitrogens is 1. The molecule has 1 unspecified atom stereocenters. The van der Waals surface area contributed by atoms with E-state index in [-0.39, 0.29) is 0 Å². The maximum absolute atomic E-state index is 4.08. The van der Waals surface area contributed by atoms with Gasteiger partial charge >= 0.3 is 0 Å². The number of rotatable bonds is 0. The Hall–Kier alpha value is -0.560. The number of hydrogen-bond donors (Lipinski definition) is 1. The molecule has 1 nitrogen and oxygen atoms in total. The first kappa shape index (κ1) is 5.24. The molecule has 0 aliphatic heterocycles. The molecule has 0 aromatic heterocycles. The summed E-state index contributed by atoms with van der Waals surface area (Å²) < 4.78 is 0. The maximum atomic E-state index is 4.08. The highest BCUT2D eigenvalue weighted by molar-refractivity contribution is 5.19. The molecule has 0 saturated carbocycles. The molecule has 48 valence electrons. The van der Waals surface area contributed by atoms with E-state index in [1.807, 2.05) is 0 Å². The van der Waals surface area contributed by atoms with E-state index >= 15 is 0 Å². The van der Waals surface area contributed by atoms with E-state index in [0.29, 0.717) is 17.9 Å². The molecule has 0 radical (unpaired) electrons. The molecular formula is C8H12N+. The van der Waals surface area contributed by atoms with Crippen molar-refractivity contribution in [2.24, 2.45) is 11.8 Å². The minimum atomic E-state index is 0.644. The maximum Gasteiger partial charge on any atom is 0.0950 e. The van der Waals surface area contributed by atoms with Crippen LogP contribution in [0.3, 0.4) is 0 Å². The van der Waals surface area contributed by atoms with Crippen molar-refractivity contribution in [3.05, 3.63) is 24.3 Å². The first-order chi connectivity index (χ1) is 4.36. The standard InChI is InChI=1S/C8H11N/c9-8-5-6-1-3-7(8)4-2-6/h1-4,6-8H,5,9H2/p+1. The van der Waals surface area contributed by atoms with Crippen molar-refractivity contribution in [3.8, 4) is 0 Å². The van der Waals surface area contributed by atoms with Crippen molar-refractivity contribution in [2.45, 2.75) is 12.5 Å². The van der Waals surface area contributed by atoms with Gasteiger partial charge in [0.25, 0.3) is 0 Å². The van der Waals surface area contributed by atoms with Gasteiger partial charge in [-0.2, -0.15) is 0 Å². The fraction of sp³-hybridized carbons (Fsp3) is 0.500. The van der Waals surface area contributed by atoms with Gasteiger partial charge in [0.2, 0.25) is 0 Å². The minimum Gasteiger partial charge on any atom is -0.354 e. The van der Waals surface area contributed by atoms with Gasteiger partial charge < -0.3 is 5.73 Å². The van der Waals surface area contributed by atoms with Gasteiger partial charge in [-0.3, -0.25) is 0 Å². The highest BCUT2D eigenvalue weighted by Gasteiger charge is 2.27. The molecular weight excluding hydrogens is 110 g/mol. The van der Waals surface area contributed by atoms with Crippen molar-refractivity contribution in [2.75, 3.05) is 0 Å². The van der Waals surface area contributed by atoms with Crippen molar-refractivity contribution in [1.29, 1.82) is 0 Å². The summed E-state index contributed by atoms with van der Waals surface area (Å²) in [6.45, 7) is 0. The fourth-order valence-electron chi connectivity index (χ4n) is 1.65. The van der Waals surface area contributed by atoms with Crippen molar-refractivity contribution < 1.29 is 5.73 Å². The average Bonchev–Trinajstić information content (AvgIpc) is 1.90. The summed E-state index contributed by atoms with van der Waals surface area (Å²) in [7, 11) is 0. The van der Waals surface area contributed by atoms with Crippen LogP contribution in [0.4, 0.5) is 0 Å². The van der Waals surface area contributed by atoms with Gasteiger partial charge in [-0.15, -0.1) is 0 Å². The summed E-state index contributed by atoms with van der Waals surface area (Å²) in [5.74, 6) is 1.35. The molecule has 0 aromatic carbocycles. The van der Waals surface area contributed by atoms with Gasteiger partial charge in [0.15, 0.2) is 0 Å². The van der Waals surface area contributed by atoms with Crippen LogP contribution < -0.4 is 5.73 Å². The smallest absolute Gasteiger partial charge is 0.0950 e. The third kappa shape index (κ3) is 0.724. The molecule has 1 heteroatoms. The highest BCUT2D eigenvalue weighted by atomic mass is 14.7. The van der Waals surface area contributed by atoms with Crippen LogP contribution in [0.25, 0.3) is 0 Å². The largest absolute Gasteiger partial charge is 0.354 e. The first-order valence-corrected chi connectivity index (χ1v) is 3.56. The molecule has 3 aliphatic carbocycles. The predicted molar refractivity (Wildman–Crippen MR) is 36.6 cm³/mol. The first-order valence-electron chi connectivity index (χ1n) is 3.56. The Morgan fingerprint density at radius 3 is 2.00 bits per heavy atom. The Balaban J connectivity index is 2.30. The molecule has 0 fully saturated rings. The van der Waals surface area contributed by atoms with Crippen LogP contribution in [0.15, 0.2) is 24.3 Å². The summed E-state index contributed by atoms with van der Waals surface area (Å²) in [5, 5.41) is 0. The lowest BCUT2D eigenvalue weighted by Gasteiger charge is -2.27. The summed E-state index contributed by atoms with van der Waals surface area (Å²) in [4.78, 5) is 0. The van der Waals surface area contributed by atoms with Gasteiger partial charge in [-0.1, -0.05) is 24.3 Å². The Morgan fingerprint density at radius 1 is 1.11 bits per heavy atom. The lowest BCUT2D eigenvalue weighted by molar-refractivity contribution is -0.430. The predicted octanol–water partition coefficient (Wildman–Crippen LogP) is 0.359. The Labute approximate surface area is 55.2 Å². The van der Waals surface area contributed by atoms with Gasteiger partial charge in [0.1, 0.15) is 0 Å². The van der Waals surface area contributed by atoms with Gasteiger partial charge in [-0.05, 0) is 0 Å². The molecule has 0 saturated heterocycles. The number of allylic oxidation sites excluding steroid dienone is 2. The van der Waals surface area contributed by atoms with Crippen molar-refractivity contribution in [3.63, 3.8) is 0 Å². The quantitative estimate of drug-likeness (QED) is 0.449. The van der Waals surface area contributed by atoms with E-state index < -0.39 is 0 Å². The van der Waals surface area contributed by atoms with Crippen LogP contribution in [0.2, 0.25) is 0 Å². The topological polar surface area (TPSA) is 27.6 Å². The number of hydrogen-bond acceptors (Lipinski definition) is 0. The van der Waals surface area contributed by atoms with E-state index in [9.17, 15) is 0 Å². The van der Waals surface area contributed by atoms with E-state index in [2.05, 4.69) is 30.0 Å². The molecule has 0 amide bonds. The molecule has 3 N–H and O–H groups in total. The SMILES string of the molecule is [NH3+]C1CC2C=CC1C=C2. The number of fused-ring (bicyclic) bond motifs is 1. The van der Waals surface area contributed by atoms with Gasteiger partial charge in [0.05, 0.1) is 6.04 Å². The molecule has 0 spiro atoms. The highest BCUT2D eigenvalue weighted by Crippen LogP contribution is 2.27. The van der Waals surface area contributed by atoms with Crippen LogP contribution in [0, 0.1) is 11.8 Å². The molecule has 1 atom stereocenters. The molecule has 9 heavy (non-hydrogen) atoms. The second-order valence-electron chi connectivity index (χ2n) is 3.01. The second-order valence-corrected chi connectivity index (χ2v) is 3.01. The fourth-order valence-corrected chi connectivity index (χ4v) is 1.65. The zero-order valence-corrected chi connectivity index (χ0v) is 5.46. The van der Waals surface area contributed by atoms with Crippen LogP contribution in [-0.2, 0) is 0 Å². The van der Waals surface area contributed by atoms with Gasteiger partial charge in [0, 0.05) is 18.3 Å². The Kier molecular flexibility index (Phi) is 0.995.